The Morgan fingerprint density at radius 2 is 2.17 bits per heavy atom. The maximum atomic E-state index is 10.5. The fourth-order valence-corrected chi connectivity index (χ4v) is 1.04. The largest absolute Gasteiger partial charge is 0.480 e. The van der Waals surface area contributed by atoms with Crippen LogP contribution < -0.4 is 11.1 Å². The van der Waals surface area contributed by atoms with Crippen LogP contribution >= 0.6 is 0 Å². The van der Waals surface area contributed by atoms with Gasteiger partial charge in [0.05, 0.1) is 0 Å². The fourth-order valence-electron chi connectivity index (χ4n) is 1.04. The molecule has 0 spiro atoms. The Morgan fingerprint density at radius 3 is 2.50 bits per heavy atom. The maximum Gasteiger partial charge on any atom is 0.320 e. The zero-order valence-corrected chi connectivity index (χ0v) is 7.71. The molecule has 0 aliphatic carbocycles. The second-order valence-electron chi connectivity index (χ2n) is 3.09. The number of nitrogens with two attached hydrogens (primary N) is 1. The normalized spacial score (nSPS) is 15.6. The molecule has 4 heteroatoms. The Kier molecular flexibility index (Phi) is 5.66. The molecule has 0 saturated heterocycles. The molecule has 1 unspecified atom stereocenters. The van der Waals surface area contributed by atoms with E-state index in [1.54, 1.807) is 7.05 Å². The number of carboxylic acid groups (broad SMARTS) is 1. The van der Waals surface area contributed by atoms with Crippen molar-refractivity contribution in [1.82, 2.24) is 5.32 Å². The van der Waals surface area contributed by atoms with Crippen LogP contribution in [0.15, 0.2) is 0 Å². The third kappa shape index (κ3) is 5.09. The molecule has 0 amide bonds. The van der Waals surface area contributed by atoms with Gasteiger partial charge in [0.15, 0.2) is 0 Å². The molecule has 4 nitrogen and oxygen atoms in total. The van der Waals surface area contributed by atoms with Gasteiger partial charge < -0.3 is 16.2 Å². The third-order valence-electron chi connectivity index (χ3n) is 1.80. The topological polar surface area (TPSA) is 75.3 Å². The highest BCUT2D eigenvalue weighted by atomic mass is 16.4. The van der Waals surface area contributed by atoms with Gasteiger partial charge in [-0.1, -0.05) is 0 Å². The van der Waals surface area contributed by atoms with E-state index in [0.717, 1.165) is 12.8 Å². The van der Waals surface area contributed by atoms with E-state index in [2.05, 4.69) is 5.32 Å². The first-order chi connectivity index (χ1) is 5.57. The summed E-state index contributed by atoms with van der Waals surface area (Å²) < 4.78 is 0. The minimum Gasteiger partial charge on any atom is -0.480 e. The number of aliphatic carboxylic acids is 1. The molecule has 2 atom stereocenters. The molecule has 0 aromatic rings. The highest BCUT2D eigenvalue weighted by Gasteiger charge is 2.13. The smallest absolute Gasteiger partial charge is 0.320 e. The first kappa shape index (κ1) is 11.4. The lowest BCUT2D eigenvalue weighted by molar-refractivity contribution is -0.139. The molecule has 0 saturated carbocycles. The van der Waals surface area contributed by atoms with Crippen LogP contribution in [0.1, 0.15) is 26.2 Å². The molecule has 4 N–H and O–H groups in total. The number of carboxylic acids is 1. The van der Waals surface area contributed by atoms with Crippen LogP contribution in [0.2, 0.25) is 0 Å². The lowest BCUT2D eigenvalue weighted by Crippen LogP contribution is -2.33. The molecule has 0 heterocycles. The Morgan fingerprint density at radius 1 is 1.58 bits per heavy atom. The van der Waals surface area contributed by atoms with Crippen molar-refractivity contribution in [1.29, 1.82) is 0 Å². The Bertz CT molecular complexity index is 137. The molecule has 0 rings (SSSR count). The summed E-state index contributed by atoms with van der Waals surface area (Å²) in [7, 11) is 1.66. The van der Waals surface area contributed by atoms with E-state index in [1.165, 1.54) is 0 Å². The van der Waals surface area contributed by atoms with Crippen molar-refractivity contribution in [2.45, 2.75) is 38.3 Å². The third-order valence-corrected chi connectivity index (χ3v) is 1.80. The van der Waals surface area contributed by atoms with Gasteiger partial charge in [-0.05, 0) is 33.2 Å². The van der Waals surface area contributed by atoms with Gasteiger partial charge in [0.1, 0.15) is 6.04 Å². The molecule has 0 aromatic carbocycles. The van der Waals surface area contributed by atoms with Crippen LogP contribution in [0, 0.1) is 0 Å². The monoisotopic (exact) mass is 174 g/mol. The van der Waals surface area contributed by atoms with Crippen molar-refractivity contribution >= 4 is 5.97 Å². The van der Waals surface area contributed by atoms with E-state index >= 15 is 0 Å². The van der Waals surface area contributed by atoms with E-state index in [4.69, 9.17) is 10.8 Å². The van der Waals surface area contributed by atoms with Gasteiger partial charge in [0, 0.05) is 6.04 Å². The number of likely N-dealkylation sites (N-methyl/N-ethyl adjacent to an activating group) is 1. The quantitative estimate of drug-likeness (QED) is 0.537. The SMILES string of the molecule is CN[C@@H](CCCC(C)N)C(=O)O. The Balaban J connectivity index is 3.52. The summed E-state index contributed by atoms with van der Waals surface area (Å²) >= 11 is 0. The fraction of sp³-hybridized carbons (Fsp3) is 0.875. The average molecular weight is 174 g/mol. The number of nitrogens with one attached hydrogen (secondary N) is 1. The van der Waals surface area contributed by atoms with Crippen molar-refractivity contribution in [2.75, 3.05) is 7.05 Å². The van der Waals surface area contributed by atoms with Crippen LogP contribution in [0.5, 0.6) is 0 Å². The summed E-state index contributed by atoms with van der Waals surface area (Å²) in [6, 6.07) is -0.264. The summed E-state index contributed by atoms with van der Waals surface area (Å²) in [5.41, 5.74) is 5.53. The molecule has 0 aliphatic heterocycles. The summed E-state index contributed by atoms with van der Waals surface area (Å²) in [4.78, 5) is 10.5. The number of carbonyl (C=O) groups is 1. The van der Waals surface area contributed by atoms with Crippen molar-refractivity contribution in [3.8, 4) is 0 Å². The molecule has 0 fully saturated rings. The van der Waals surface area contributed by atoms with Crippen LogP contribution in [0.3, 0.4) is 0 Å². The Labute approximate surface area is 73.1 Å². The molecule has 0 aromatic heterocycles. The lowest BCUT2D eigenvalue weighted by Gasteiger charge is -2.11. The minimum atomic E-state index is -0.790. The molecular weight excluding hydrogens is 156 g/mol. The van der Waals surface area contributed by atoms with E-state index < -0.39 is 12.0 Å². The summed E-state index contributed by atoms with van der Waals surface area (Å²) in [5.74, 6) is -0.790. The number of rotatable bonds is 6. The second kappa shape index (κ2) is 5.97. The lowest BCUT2D eigenvalue weighted by atomic mass is 10.1. The van der Waals surface area contributed by atoms with E-state index in [-0.39, 0.29) is 6.04 Å². The zero-order valence-electron chi connectivity index (χ0n) is 7.71. The van der Waals surface area contributed by atoms with E-state index in [9.17, 15) is 4.79 Å². The second-order valence-corrected chi connectivity index (χ2v) is 3.09. The van der Waals surface area contributed by atoms with Gasteiger partial charge in [-0.15, -0.1) is 0 Å². The molecule has 0 aliphatic rings. The van der Waals surface area contributed by atoms with Gasteiger partial charge in [-0.3, -0.25) is 4.79 Å². The standard InChI is InChI=1S/C8H18N2O2/c1-6(9)4-3-5-7(10-2)8(11)12/h6-7,10H,3-5,9H2,1-2H3,(H,11,12)/t6?,7-/m0/s1. The van der Waals surface area contributed by atoms with Crippen molar-refractivity contribution < 1.29 is 9.90 Å². The summed E-state index contributed by atoms with van der Waals surface area (Å²) in [6.07, 6.45) is 2.38. The molecule has 12 heavy (non-hydrogen) atoms. The molecule has 72 valence electrons. The average Bonchev–Trinajstić information content (AvgIpc) is 1.96. The Hall–Kier alpha value is -0.610. The highest BCUT2D eigenvalue weighted by Crippen LogP contribution is 2.02. The van der Waals surface area contributed by atoms with E-state index in [1.807, 2.05) is 6.92 Å². The van der Waals surface area contributed by atoms with Gasteiger partial charge in [0.2, 0.25) is 0 Å². The van der Waals surface area contributed by atoms with Crippen LogP contribution in [0.25, 0.3) is 0 Å². The van der Waals surface area contributed by atoms with Crippen molar-refractivity contribution in [3.05, 3.63) is 0 Å². The summed E-state index contributed by atoms with van der Waals surface area (Å²) in [5, 5.41) is 11.4. The molecular formula is C8H18N2O2. The van der Waals surface area contributed by atoms with Crippen LogP contribution in [0.4, 0.5) is 0 Å². The van der Waals surface area contributed by atoms with Gasteiger partial charge in [-0.2, -0.15) is 0 Å². The van der Waals surface area contributed by atoms with Crippen LogP contribution in [-0.4, -0.2) is 30.2 Å². The first-order valence-electron chi connectivity index (χ1n) is 4.23. The van der Waals surface area contributed by atoms with Crippen molar-refractivity contribution in [3.63, 3.8) is 0 Å². The van der Waals surface area contributed by atoms with E-state index in [0.29, 0.717) is 6.42 Å². The zero-order chi connectivity index (χ0) is 9.56. The minimum absolute atomic E-state index is 0.163. The maximum absolute atomic E-state index is 10.5. The predicted molar refractivity (Wildman–Crippen MR) is 48.0 cm³/mol. The predicted octanol–water partition coefficient (Wildman–Crippen LogP) is 0.177. The highest BCUT2D eigenvalue weighted by molar-refractivity contribution is 5.73. The first-order valence-corrected chi connectivity index (χ1v) is 4.23. The van der Waals surface area contributed by atoms with Crippen LogP contribution in [-0.2, 0) is 4.79 Å². The van der Waals surface area contributed by atoms with Gasteiger partial charge >= 0.3 is 5.97 Å². The molecule has 0 bridgehead atoms. The number of hydrogen-bond acceptors (Lipinski definition) is 3. The molecule has 0 radical (unpaired) electrons. The van der Waals surface area contributed by atoms with Crippen molar-refractivity contribution in [2.24, 2.45) is 5.73 Å². The summed E-state index contributed by atoms with van der Waals surface area (Å²) in [6.45, 7) is 1.93. The van der Waals surface area contributed by atoms with Gasteiger partial charge in [0.25, 0.3) is 0 Å². The number of hydrogen-bond donors (Lipinski definition) is 3. The van der Waals surface area contributed by atoms with Gasteiger partial charge in [-0.25, -0.2) is 0 Å².